The summed E-state index contributed by atoms with van der Waals surface area (Å²) >= 11 is 0. The van der Waals surface area contributed by atoms with Gasteiger partial charge in [0.1, 0.15) is 0 Å². The van der Waals surface area contributed by atoms with E-state index in [-0.39, 0.29) is 18.4 Å². The second-order valence-corrected chi connectivity index (χ2v) is 5.19. The molecule has 1 heterocycles. The molecule has 2 aromatic rings. The van der Waals surface area contributed by atoms with Crippen LogP contribution >= 0.6 is 0 Å². The number of benzene rings is 1. The van der Waals surface area contributed by atoms with E-state index in [4.69, 9.17) is 0 Å². The number of amides is 1. The van der Waals surface area contributed by atoms with Crippen molar-refractivity contribution >= 4 is 16.8 Å². The minimum atomic E-state index is -0.515. The molecule has 0 aliphatic heterocycles. The van der Waals surface area contributed by atoms with E-state index in [1.54, 1.807) is 6.07 Å². The zero-order valence-electron chi connectivity index (χ0n) is 11.6. The highest BCUT2D eigenvalue weighted by molar-refractivity contribution is 6.06. The van der Waals surface area contributed by atoms with Crippen LogP contribution in [0.15, 0.2) is 30.5 Å². The summed E-state index contributed by atoms with van der Waals surface area (Å²) in [5, 5.41) is 13.4. The van der Waals surface area contributed by atoms with Gasteiger partial charge in [-0.1, -0.05) is 19.9 Å². The van der Waals surface area contributed by atoms with E-state index in [0.29, 0.717) is 5.56 Å². The normalized spacial score (nSPS) is 12.9. The molecule has 2 N–H and O–H groups in total. The molecule has 1 aromatic carbocycles. The number of hydrogen-bond donors (Lipinski definition) is 2. The number of carbonyl (C=O) groups excluding carboxylic acids is 1. The minimum absolute atomic E-state index is 0.132. The fraction of sp³-hybridized carbons (Fsp3) is 0.400. The molecule has 0 spiro atoms. The van der Waals surface area contributed by atoms with Crippen LogP contribution in [0.25, 0.3) is 10.9 Å². The highest BCUT2D eigenvalue weighted by Gasteiger charge is 2.14. The van der Waals surface area contributed by atoms with Crippen molar-refractivity contribution in [2.75, 3.05) is 6.54 Å². The lowest BCUT2D eigenvalue weighted by molar-refractivity contribution is 0.0873. The summed E-state index contributed by atoms with van der Waals surface area (Å²) in [7, 11) is 1.95. The molecule has 1 atom stereocenters. The van der Waals surface area contributed by atoms with Crippen molar-refractivity contribution in [3.05, 3.63) is 36.0 Å². The molecular formula is C15H20N2O2. The molecule has 1 unspecified atom stereocenters. The summed E-state index contributed by atoms with van der Waals surface area (Å²) in [5.41, 5.74) is 1.67. The second kappa shape index (κ2) is 5.45. The summed E-state index contributed by atoms with van der Waals surface area (Å²) in [6.07, 6.45) is 1.42. The number of nitrogens with zero attached hydrogens (tertiary/aromatic N) is 1. The standard InChI is InChI=1S/C15H20N2O2/c1-10(2)14(18)9-16-15(19)12-5-4-6-13-11(12)7-8-17(13)3/h4-8,10,14,18H,9H2,1-3H3,(H,16,19). The number of aryl methyl sites for hydroxylation is 1. The third kappa shape index (κ3) is 2.79. The Morgan fingerprint density at radius 1 is 1.37 bits per heavy atom. The van der Waals surface area contributed by atoms with Gasteiger partial charge in [-0.25, -0.2) is 0 Å². The Morgan fingerprint density at radius 3 is 2.79 bits per heavy atom. The number of aromatic nitrogens is 1. The number of aliphatic hydroxyl groups is 1. The summed E-state index contributed by atoms with van der Waals surface area (Å²) in [6, 6.07) is 7.59. The summed E-state index contributed by atoms with van der Waals surface area (Å²) in [4.78, 5) is 12.2. The SMILES string of the molecule is CC(C)C(O)CNC(=O)c1cccc2c1ccn2C. The molecule has 2 rings (SSSR count). The average molecular weight is 260 g/mol. The molecule has 4 nitrogen and oxygen atoms in total. The lowest BCUT2D eigenvalue weighted by Crippen LogP contribution is -2.34. The molecule has 102 valence electrons. The van der Waals surface area contributed by atoms with Crippen LogP contribution in [0, 0.1) is 5.92 Å². The topological polar surface area (TPSA) is 54.3 Å². The van der Waals surface area contributed by atoms with Crippen LogP contribution in [-0.4, -0.2) is 28.2 Å². The Bertz CT molecular complexity index is 587. The van der Waals surface area contributed by atoms with E-state index in [1.807, 2.05) is 49.9 Å². The van der Waals surface area contributed by atoms with Crippen LogP contribution < -0.4 is 5.32 Å². The third-order valence-corrected chi connectivity index (χ3v) is 3.41. The first-order valence-corrected chi connectivity index (χ1v) is 6.51. The minimum Gasteiger partial charge on any atom is -0.391 e. The monoisotopic (exact) mass is 260 g/mol. The molecule has 0 aliphatic rings. The smallest absolute Gasteiger partial charge is 0.252 e. The molecule has 0 fully saturated rings. The van der Waals surface area contributed by atoms with Crippen molar-refractivity contribution in [2.24, 2.45) is 13.0 Å². The van der Waals surface area contributed by atoms with Gasteiger partial charge < -0.3 is 15.0 Å². The summed E-state index contributed by atoms with van der Waals surface area (Å²) < 4.78 is 1.98. The van der Waals surface area contributed by atoms with Crippen molar-refractivity contribution in [3.8, 4) is 0 Å². The maximum atomic E-state index is 12.2. The van der Waals surface area contributed by atoms with Crippen LogP contribution in [-0.2, 0) is 7.05 Å². The molecular weight excluding hydrogens is 240 g/mol. The van der Waals surface area contributed by atoms with E-state index in [9.17, 15) is 9.90 Å². The van der Waals surface area contributed by atoms with E-state index in [2.05, 4.69) is 5.32 Å². The van der Waals surface area contributed by atoms with Crippen molar-refractivity contribution in [3.63, 3.8) is 0 Å². The largest absolute Gasteiger partial charge is 0.391 e. The number of rotatable bonds is 4. The molecule has 1 amide bonds. The van der Waals surface area contributed by atoms with Gasteiger partial charge in [0.25, 0.3) is 5.91 Å². The zero-order chi connectivity index (χ0) is 14.0. The molecule has 0 aliphatic carbocycles. The maximum Gasteiger partial charge on any atom is 0.252 e. The van der Waals surface area contributed by atoms with Gasteiger partial charge >= 0.3 is 0 Å². The van der Waals surface area contributed by atoms with Gasteiger partial charge in [0.05, 0.1) is 6.10 Å². The lowest BCUT2D eigenvalue weighted by atomic mass is 10.1. The van der Waals surface area contributed by atoms with Gasteiger partial charge in [-0.05, 0) is 24.1 Å². The van der Waals surface area contributed by atoms with E-state index in [1.165, 1.54) is 0 Å². The van der Waals surface area contributed by atoms with Crippen LogP contribution in [0.5, 0.6) is 0 Å². The molecule has 1 aromatic heterocycles. The summed E-state index contributed by atoms with van der Waals surface area (Å²) in [6.45, 7) is 4.13. The molecule has 0 bridgehead atoms. The molecule has 0 saturated carbocycles. The van der Waals surface area contributed by atoms with Gasteiger partial charge in [0.2, 0.25) is 0 Å². The van der Waals surface area contributed by atoms with E-state index < -0.39 is 6.10 Å². The number of hydrogen-bond acceptors (Lipinski definition) is 2. The highest BCUT2D eigenvalue weighted by Crippen LogP contribution is 2.19. The highest BCUT2D eigenvalue weighted by atomic mass is 16.3. The van der Waals surface area contributed by atoms with E-state index in [0.717, 1.165) is 10.9 Å². The molecule has 19 heavy (non-hydrogen) atoms. The Hall–Kier alpha value is -1.81. The summed E-state index contributed by atoms with van der Waals surface area (Å²) in [5.74, 6) is -0.00989. The first-order valence-electron chi connectivity index (χ1n) is 6.51. The number of carbonyl (C=O) groups is 1. The Labute approximate surface area is 113 Å². The van der Waals surface area contributed by atoms with Gasteiger partial charge in [0.15, 0.2) is 0 Å². The first kappa shape index (κ1) is 13.6. The van der Waals surface area contributed by atoms with Crippen molar-refractivity contribution in [2.45, 2.75) is 20.0 Å². The van der Waals surface area contributed by atoms with Crippen LogP contribution in [0.1, 0.15) is 24.2 Å². The van der Waals surface area contributed by atoms with Gasteiger partial charge in [-0.2, -0.15) is 0 Å². The average Bonchev–Trinajstić information content (AvgIpc) is 2.77. The Kier molecular flexibility index (Phi) is 3.90. The van der Waals surface area contributed by atoms with Crippen LogP contribution in [0.4, 0.5) is 0 Å². The molecule has 0 saturated heterocycles. The maximum absolute atomic E-state index is 12.2. The van der Waals surface area contributed by atoms with Crippen LogP contribution in [0.3, 0.4) is 0 Å². The van der Waals surface area contributed by atoms with Crippen molar-refractivity contribution < 1.29 is 9.90 Å². The van der Waals surface area contributed by atoms with E-state index >= 15 is 0 Å². The Balaban J connectivity index is 2.18. The number of nitrogens with one attached hydrogen (secondary N) is 1. The van der Waals surface area contributed by atoms with Gasteiger partial charge in [-0.3, -0.25) is 4.79 Å². The molecule has 0 radical (unpaired) electrons. The van der Waals surface area contributed by atoms with Crippen molar-refractivity contribution in [1.82, 2.24) is 9.88 Å². The Morgan fingerprint density at radius 2 is 2.11 bits per heavy atom. The predicted octanol–water partition coefficient (Wildman–Crippen LogP) is 1.93. The predicted molar refractivity (Wildman–Crippen MR) is 76.1 cm³/mol. The van der Waals surface area contributed by atoms with Crippen LogP contribution in [0.2, 0.25) is 0 Å². The quantitative estimate of drug-likeness (QED) is 0.882. The fourth-order valence-corrected chi connectivity index (χ4v) is 2.03. The van der Waals surface area contributed by atoms with Gasteiger partial charge in [0, 0.05) is 36.3 Å². The lowest BCUT2D eigenvalue weighted by Gasteiger charge is -2.15. The van der Waals surface area contributed by atoms with Gasteiger partial charge in [-0.15, -0.1) is 0 Å². The zero-order valence-corrected chi connectivity index (χ0v) is 11.6. The number of aliphatic hydroxyl groups excluding tert-OH is 1. The second-order valence-electron chi connectivity index (χ2n) is 5.19. The molecule has 4 heteroatoms. The number of fused-ring (bicyclic) bond motifs is 1. The first-order chi connectivity index (χ1) is 9.00. The van der Waals surface area contributed by atoms with Crippen molar-refractivity contribution in [1.29, 1.82) is 0 Å². The fourth-order valence-electron chi connectivity index (χ4n) is 2.03. The third-order valence-electron chi connectivity index (χ3n) is 3.41.